The Morgan fingerprint density at radius 1 is 1.04 bits per heavy atom. The summed E-state index contributed by atoms with van der Waals surface area (Å²) < 4.78 is 2.12. The Kier molecular flexibility index (Phi) is 4.21. The minimum atomic E-state index is 0.759. The second-order valence-corrected chi connectivity index (χ2v) is 7.08. The Labute approximate surface area is 146 Å². The van der Waals surface area contributed by atoms with E-state index >= 15 is 0 Å². The number of aromatic nitrogens is 3. The van der Waals surface area contributed by atoms with Gasteiger partial charge in [0.1, 0.15) is 0 Å². The predicted molar refractivity (Wildman–Crippen MR) is 99.2 cm³/mol. The molecule has 1 aliphatic heterocycles. The van der Waals surface area contributed by atoms with E-state index in [4.69, 9.17) is 0 Å². The van der Waals surface area contributed by atoms with Gasteiger partial charge in [-0.25, -0.2) is 0 Å². The Bertz CT molecular complexity index is 799. The van der Waals surface area contributed by atoms with Crippen molar-refractivity contribution in [1.29, 1.82) is 0 Å². The van der Waals surface area contributed by atoms with Crippen molar-refractivity contribution < 1.29 is 0 Å². The van der Waals surface area contributed by atoms with E-state index in [1.807, 2.05) is 0 Å². The van der Waals surface area contributed by atoms with Crippen LogP contribution in [0, 0.1) is 6.92 Å². The van der Waals surface area contributed by atoms with Crippen LogP contribution in [0.15, 0.2) is 42.6 Å². The molecular weight excluding hydrogens is 318 g/mol. The summed E-state index contributed by atoms with van der Waals surface area (Å²) in [5, 5.41) is 14.2. The number of anilines is 2. The summed E-state index contributed by atoms with van der Waals surface area (Å²) in [6.45, 7) is 5.06. The van der Waals surface area contributed by atoms with Gasteiger partial charge in [0.05, 0.1) is 6.54 Å². The fraction of sp³-hybridized carbons (Fsp3) is 0.333. The van der Waals surface area contributed by atoms with E-state index in [2.05, 4.69) is 74.5 Å². The van der Waals surface area contributed by atoms with Crippen molar-refractivity contribution in [3.8, 4) is 5.13 Å². The third-order valence-corrected chi connectivity index (χ3v) is 5.33. The third-order valence-electron chi connectivity index (χ3n) is 4.34. The van der Waals surface area contributed by atoms with E-state index in [9.17, 15) is 0 Å². The van der Waals surface area contributed by atoms with Gasteiger partial charge in [-0.3, -0.25) is 4.57 Å². The Hall–Kier alpha value is -2.34. The van der Waals surface area contributed by atoms with Crippen LogP contribution in [0.3, 0.4) is 0 Å². The SMILES string of the molecule is Cc1ccc(NCc2cccn2-c2nnc(N3CCCC3)s2)cc1. The number of benzene rings is 1. The van der Waals surface area contributed by atoms with E-state index in [1.165, 1.54) is 24.1 Å². The molecule has 1 saturated heterocycles. The van der Waals surface area contributed by atoms with Crippen molar-refractivity contribution in [2.24, 2.45) is 0 Å². The van der Waals surface area contributed by atoms with Crippen molar-refractivity contribution in [1.82, 2.24) is 14.8 Å². The highest BCUT2D eigenvalue weighted by molar-refractivity contribution is 7.17. The second kappa shape index (κ2) is 6.65. The summed E-state index contributed by atoms with van der Waals surface area (Å²) in [6.07, 6.45) is 4.56. The first-order valence-corrected chi connectivity index (χ1v) is 9.17. The molecule has 0 radical (unpaired) electrons. The van der Waals surface area contributed by atoms with Gasteiger partial charge < -0.3 is 10.2 Å². The summed E-state index contributed by atoms with van der Waals surface area (Å²) in [5.41, 5.74) is 3.58. The molecule has 2 aromatic heterocycles. The molecule has 0 amide bonds. The molecule has 3 aromatic rings. The molecule has 0 saturated carbocycles. The van der Waals surface area contributed by atoms with Gasteiger partial charge in [0.15, 0.2) is 0 Å². The lowest BCUT2D eigenvalue weighted by Crippen LogP contribution is -2.17. The largest absolute Gasteiger partial charge is 0.379 e. The highest BCUT2D eigenvalue weighted by atomic mass is 32.1. The van der Waals surface area contributed by atoms with Crippen LogP contribution in [0.1, 0.15) is 24.1 Å². The lowest BCUT2D eigenvalue weighted by Gasteiger charge is -2.11. The van der Waals surface area contributed by atoms with Crippen molar-refractivity contribution in [3.63, 3.8) is 0 Å². The van der Waals surface area contributed by atoms with Crippen molar-refractivity contribution in [3.05, 3.63) is 53.9 Å². The summed E-state index contributed by atoms with van der Waals surface area (Å²) in [7, 11) is 0. The monoisotopic (exact) mass is 339 g/mol. The van der Waals surface area contributed by atoms with Gasteiger partial charge >= 0.3 is 0 Å². The predicted octanol–water partition coefficient (Wildman–Crippen LogP) is 3.85. The van der Waals surface area contributed by atoms with Crippen LogP contribution < -0.4 is 10.2 Å². The third kappa shape index (κ3) is 3.14. The molecule has 0 atom stereocenters. The van der Waals surface area contributed by atoms with Crippen LogP contribution in [-0.4, -0.2) is 27.9 Å². The normalized spacial score (nSPS) is 14.3. The molecule has 1 fully saturated rings. The molecule has 5 nitrogen and oxygen atoms in total. The maximum atomic E-state index is 4.39. The number of aryl methyl sites for hydroxylation is 1. The van der Waals surface area contributed by atoms with E-state index in [0.29, 0.717) is 0 Å². The molecule has 0 bridgehead atoms. The molecule has 3 heterocycles. The van der Waals surface area contributed by atoms with Gasteiger partial charge in [0, 0.05) is 30.7 Å². The van der Waals surface area contributed by atoms with Gasteiger partial charge in [-0.15, -0.1) is 10.2 Å². The van der Waals surface area contributed by atoms with Crippen LogP contribution >= 0.6 is 11.3 Å². The second-order valence-electron chi connectivity index (χ2n) is 6.15. The lowest BCUT2D eigenvalue weighted by atomic mass is 10.2. The van der Waals surface area contributed by atoms with Crippen LogP contribution in [-0.2, 0) is 6.54 Å². The zero-order valence-corrected chi connectivity index (χ0v) is 14.6. The summed E-state index contributed by atoms with van der Waals surface area (Å²) in [5.74, 6) is 0. The van der Waals surface area contributed by atoms with E-state index in [0.717, 1.165) is 35.6 Å². The van der Waals surface area contributed by atoms with Crippen molar-refractivity contribution >= 4 is 22.2 Å². The summed E-state index contributed by atoms with van der Waals surface area (Å²) in [4.78, 5) is 2.33. The fourth-order valence-corrected chi connectivity index (χ4v) is 3.87. The van der Waals surface area contributed by atoms with Crippen molar-refractivity contribution in [2.45, 2.75) is 26.3 Å². The zero-order chi connectivity index (χ0) is 16.4. The molecule has 1 aliphatic rings. The average Bonchev–Trinajstić information content (AvgIpc) is 3.33. The fourth-order valence-electron chi connectivity index (χ4n) is 2.95. The van der Waals surface area contributed by atoms with Gasteiger partial charge in [-0.1, -0.05) is 29.0 Å². The molecule has 0 spiro atoms. The molecular formula is C18H21N5S. The molecule has 1 aromatic carbocycles. The van der Waals surface area contributed by atoms with Crippen molar-refractivity contribution in [2.75, 3.05) is 23.3 Å². The number of nitrogens with one attached hydrogen (secondary N) is 1. The van der Waals surface area contributed by atoms with E-state index in [-0.39, 0.29) is 0 Å². The molecule has 4 rings (SSSR count). The Balaban J connectivity index is 1.49. The van der Waals surface area contributed by atoms with E-state index < -0.39 is 0 Å². The van der Waals surface area contributed by atoms with Crippen LogP contribution in [0.2, 0.25) is 0 Å². The van der Waals surface area contributed by atoms with Crippen LogP contribution in [0.25, 0.3) is 5.13 Å². The van der Waals surface area contributed by atoms with Crippen LogP contribution in [0.5, 0.6) is 0 Å². The first-order chi connectivity index (χ1) is 11.8. The molecule has 0 aliphatic carbocycles. The topological polar surface area (TPSA) is 46.0 Å². The number of hydrogen-bond donors (Lipinski definition) is 1. The lowest BCUT2D eigenvalue weighted by molar-refractivity contribution is 0.886. The highest BCUT2D eigenvalue weighted by Gasteiger charge is 2.17. The standard InChI is InChI=1S/C18H21N5S/c1-14-6-8-15(9-7-14)19-13-16-5-4-12-23(16)18-21-20-17(24-18)22-10-2-3-11-22/h4-9,12,19H,2-3,10-11,13H2,1H3. The van der Waals surface area contributed by atoms with E-state index in [1.54, 1.807) is 11.3 Å². The molecule has 0 unspecified atom stereocenters. The average molecular weight is 339 g/mol. The molecule has 124 valence electrons. The summed E-state index contributed by atoms with van der Waals surface area (Å²) >= 11 is 1.66. The highest BCUT2D eigenvalue weighted by Crippen LogP contribution is 2.27. The molecule has 1 N–H and O–H groups in total. The van der Waals surface area contributed by atoms with Gasteiger partial charge in [-0.2, -0.15) is 0 Å². The first-order valence-electron chi connectivity index (χ1n) is 8.35. The number of hydrogen-bond acceptors (Lipinski definition) is 5. The quantitative estimate of drug-likeness (QED) is 0.767. The maximum Gasteiger partial charge on any atom is 0.218 e. The molecule has 24 heavy (non-hydrogen) atoms. The van der Waals surface area contributed by atoms with Crippen LogP contribution in [0.4, 0.5) is 10.8 Å². The summed E-state index contributed by atoms with van der Waals surface area (Å²) in [6, 6.07) is 12.6. The minimum absolute atomic E-state index is 0.759. The van der Waals surface area contributed by atoms with Gasteiger partial charge in [-0.05, 0) is 44.0 Å². The van der Waals surface area contributed by atoms with Gasteiger partial charge in [0.25, 0.3) is 0 Å². The minimum Gasteiger partial charge on any atom is -0.379 e. The zero-order valence-electron chi connectivity index (χ0n) is 13.8. The maximum absolute atomic E-state index is 4.39. The van der Waals surface area contributed by atoms with Gasteiger partial charge in [0.2, 0.25) is 10.3 Å². The first kappa shape index (κ1) is 15.2. The smallest absolute Gasteiger partial charge is 0.218 e. The molecule has 6 heteroatoms. The number of nitrogens with zero attached hydrogens (tertiary/aromatic N) is 4. The Morgan fingerprint density at radius 2 is 1.79 bits per heavy atom. The number of rotatable bonds is 5. The Morgan fingerprint density at radius 3 is 2.58 bits per heavy atom.